The molecule has 1 rings (SSSR count). The number of hydrogen-bond donors (Lipinski definition) is 0. The van der Waals surface area contributed by atoms with Gasteiger partial charge in [-0.25, -0.2) is 0 Å². The van der Waals surface area contributed by atoms with E-state index in [2.05, 4.69) is 0 Å². The number of carbonyl (C=O) groups is 3. The van der Waals surface area contributed by atoms with E-state index in [1.807, 2.05) is 0 Å². The minimum atomic E-state index is -4.95. The molecule has 24 heavy (non-hydrogen) atoms. The van der Waals surface area contributed by atoms with Crippen LogP contribution in [0.3, 0.4) is 0 Å². The molecule has 0 aromatic rings. The van der Waals surface area contributed by atoms with Gasteiger partial charge in [-0.15, -0.1) is 0 Å². The Balaban J connectivity index is 3.20. The van der Waals surface area contributed by atoms with Crippen LogP contribution in [0, 0.1) is 17.8 Å². The van der Waals surface area contributed by atoms with Crippen molar-refractivity contribution in [3.8, 4) is 0 Å². The van der Waals surface area contributed by atoms with Gasteiger partial charge in [-0.2, -0.15) is 0 Å². The van der Waals surface area contributed by atoms with Crippen molar-refractivity contribution in [2.45, 2.75) is 58.5 Å². The third-order valence-electron chi connectivity index (χ3n) is 3.47. The van der Waals surface area contributed by atoms with E-state index in [4.69, 9.17) is 14.0 Å². The summed E-state index contributed by atoms with van der Waals surface area (Å²) in [5.74, 6) is -2.94. The molecule has 0 spiro atoms. The first-order valence-corrected chi connectivity index (χ1v) is 13.5. The Hall–Kier alpha value is -0.831. The summed E-state index contributed by atoms with van der Waals surface area (Å²) >= 11 is -4.95. The van der Waals surface area contributed by atoms with Crippen LogP contribution in [0.15, 0.2) is 0 Å². The van der Waals surface area contributed by atoms with Gasteiger partial charge in [0.1, 0.15) is 0 Å². The molecule has 0 aliphatic carbocycles. The van der Waals surface area contributed by atoms with Crippen LogP contribution in [0.4, 0.5) is 0 Å². The normalized spacial score (nSPS) is 18.1. The van der Waals surface area contributed by atoms with Gasteiger partial charge in [0.2, 0.25) is 0 Å². The van der Waals surface area contributed by atoms with Crippen molar-refractivity contribution in [1.29, 1.82) is 0 Å². The molecular formula is C16H28O7Sn. The number of hydrogen-bond acceptors (Lipinski definition) is 7. The van der Waals surface area contributed by atoms with Gasteiger partial charge in [0.25, 0.3) is 0 Å². The molecule has 1 saturated heterocycles. The second-order valence-electron chi connectivity index (χ2n) is 6.83. The molecule has 1 aliphatic heterocycles. The van der Waals surface area contributed by atoms with E-state index in [1.165, 1.54) is 0 Å². The summed E-state index contributed by atoms with van der Waals surface area (Å²) in [4.78, 5) is 36.6. The standard InChI is InChI=1S/3C4H8O2.C4H7O.Sn/c3*1-3(2)4(5)6;1-2-4-5-3-1;/h3*3H,1-2H3,(H,5,6);3H,1-2,4H2;/q;;;;+3/p-3. The molecule has 1 fully saturated rings. The number of rotatable bonds is 7. The van der Waals surface area contributed by atoms with Crippen LogP contribution in [0.25, 0.3) is 0 Å². The monoisotopic (exact) mass is 452 g/mol. The molecule has 0 aromatic heterocycles. The molecule has 0 radical (unpaired) electrons. The second kappa shape index (κ2) is 9.03. The quantitative estimate of drug-likeness (QED) is 0.549. The van der Waals surface area contributed by atoms with Gasteiger partial charge in [0.15, 0.2) is 0 Å². The molecular weight excluding hydrogens is 423 g/mol. The van der Waals surface area contributed by atoms with Crippen molar-refractivity contribution in [3.63, 3.8) is 0 Å². The van der Waals surface area contributed by atoms with Gasteiger partial charge in [-0.1, -0.05) is 0 Å². The van der Waals surface area contributed by atoms with Crippen LogP contribution in [0.5, 0.6) is 0 Å². The molecule has 1 aliphatic rings. The topological polar surface area (TPSA) is 88.1 Å². The van der Waals surface area contributed by atoms with E-state index >= 15 is 0 Å². The number of ether oxygens (including phenoxy) is 1. The first kappa shape index (κ1) is 21.2. The fourth-order valence-corrected chi connectivity index (χ4v) is 10.3. The molecule has 8 heteroatoms. The maximum atomic E-state index is 12.2. The van der Waals surface area contributed by atoms with Gasteiger partial charge >= 0.3 is 149 Å². The molecule has 138 valence electrons. The first-order chi connectivity index (χ1) is 11.1. The fraction of sp³-hybridized carbons (Fsp3) is 0.812. The van der Waals surface area contributed by atoms with Crippen molar-refractivity contribution in [2.75, 3.05) is 6.61 Å². The van der Waals surface area contributed by atoms with Gasteiger partial charge < -0.3 is 0 Å². The maximum absolute atomic E-state index is 12.2. The van der Waals surface area contributed by atoms with Gasteiger partial charge in [0, 0.05) is 0 Å². The summed E-state index contributed by atoms with van der Waals surface area (Å²) in [6.07, 6.45) is 1.28. The van der Waals surface area contributed by atoms with Crippen molar-refractivity contribution in [2.24, 2.45) is 17.8 Å². The van der Waals surface area contributed by atoms with Crippen LogP contribution in [0.1, 0.15) is 54.4 Å². The summed E-state index contributed by atoms with van der Waals surface area (Å²) in [5, 5.41) is 0. The Labute approximate surface area is 148 Å². The Morgan fingerprint density at radius 1 is 0.833 bits per heavy atom. The molecule has 1 atom stereocenters. The zero-order valence-corrected chi connectivity index (χ0v) is 18.1. The van der Waals surface area contributed by atoms with E-state index in [-0.39, 0.29) is 0 Å². The molecule has 0 saturated carbocycles. The van der Waals surface area contributed by atoms with Crippen LogP contribution in [-0.4, -0.2) is 48.3 Å². The predicted molar refractivity (Wildman–Crippen MR) is 87.5 cm³/mol. The van der Waals surface area contributed by atoms with Crippen LogP contribution >= 0.6 is 0 Å². The zero-order chi connectivity index (χ0) is 18.5. The first-order valence-electron chi connectivity index (χ1n) is 8.39. The van der Waals surface area contributed by atoms with Crippen molar-refractivity contribution >= 4 is 37.5 Å². The van der Waals surface area contributed by atoms with Crippen LogP contribution < -0.4 is 0 Å². The number of carbonyl (C=O) groups excluding carboxylic acids is 3. The Kier molecular flexibility index (Phi) is 7.98. The Morgan fingerprint density at radius 3 is 1.46 bits per heavy atom. The van der Waals surface area contributed by atoms with Crippen molar-refractivity contribution in [3.05, 3.63) is 0 Å². The zero-order valence-electron chi connectivity index (χ0n) is 15.3. The summed E-state index contributed by atoms with van der Waals surface area (Å²) < 4.78 is 21.7. The minimum absolute atomic E-state index is 0.432. The van der Waals surface area contributed by atoms with Crippen molar-refractivity contribution < 1.29 is 28.3 Å². The average Bonchev–Trinajstić information content (AvgIpc) is 3.01. The molecule has 1 unspecified atom stereocenters. The third kappa shape index (κ3) is 5.61. The van der Waals surface area contributed by atoms with E-state index < -0.39 is 59.4 Å². The Bertz CT molecular complexity index is 412. The van der Waals surface area contributed by atoms with E-state index in [0.717, 1.165) is 6.42 Å². The molecule has 0 N–H and O–H groups in total. The molecule has 7 nitrogen and oxygen atoms in total. The molecule has 0 aromatic carbocycles. The molecule has 1 heterocycles. The van der Waals surface area contributed by atoms with Crippen LogP contribution in [-0.2, 0) is 28.3 Å². The summed E-state index contributed by atoms with van der Waals surface area (Å²) in [6, 6.07) is 0. The van der Waals surface area contributed by atoms with Gasteiger partial charge in [-0.3, -0.25) is 0 Å². The van der Waals surface area contributed by atoms with E-state index in [9.17, 15) is 14.4 Å². The molecule has 0 amide bonds. The molecule has 0 bridgehead atoms. The third-order valence-corrected chi connectivity index (χ3v) is 11.2. The average molecular weight is 451 g/mol. The fourth-order valence-electron chi connectivity index (χ4n) is 1.89. The van der Waals surface area contributed by atoms with Gasteiger partial charge in [-0.05, 0) is 0 Å². The van der Waals surface area contributed by atoms with Crippen molar-refractivity contribution in [1.82, 2.24) is 0 Å². The van der Waals surface area contributed by atoms with Gasteiger partial charge in [0.05, 0.1) is 0 Å². The SMILES string of the molecule is CC(C)C(=O)[O][Sn]([O]C(=O)C(C)C)([O]C(=O)C(C)C)[CH]1CCCO1. The second-order valence-corrected chi connectivity index (χ2v) is 13.9. The van der Waals surface area contributed by atoms with Crippen LogP contribution in [0.2, 0.25) is 0 Å². The summed E-state index contributed by atoms with van der Waals surface area (Å²) in [7, 11) is 0. The predicted octanol–water partition coefficient (Wildman–Crippen LogP) is 2.24. The Morgan fingerprint density at radius 2 is 1.21 bits per heavy atom. The summed E-state index contributed by atoms with van der Waals surface area (Å²) in [6.45, 7) is 10.5. The van der Waals surface area contributed by atoms with E-state index in [0.29, 0.717) is 13.0 Å². The summed E-state index contributed by atoms with van der Waals surface area (Å²) in [5.41, 5.74) is 0. The van der Waals surface area contributed by atoms with E-state index in [1.54, 1.807) is 41.5 Å².